The zero-order valence-corrected chi connectivity index (χ0v) is 18.6. The maximum Gasteiger partial charge on any atom is 0.267 e. The van der Waals surface area contributed by atoms with E-state index in [4.69, 9.17) is 0 Å². The zero-order valence-electron chi connectivity index (χ0n) is 18.6. The Hall–Kier alpha value is -2.96. The van der Waals surface area contributed by atoms with Crippen molar-refractivity contribution in [2.24, 2.45) is 0 Å². The van der Waals surface area contributed by atoms with E-state index < -0.39 is 36.7 Å². The first kappa shape index (κ1) is 22.2. The number of hydrogen-bond donors (Lipinski definition) is 0. The number of anilines is 1. The summed E-state index contributed by atoms with van der Waals surface area (Å²) in [6.07, 6.45) is 0.0546. The van der Waals surface area contributed by atoms with Crippen LogP contribution in [-0.4, -0.2) is 59.8 Å². The number of amides is 2. The van der Waals surface area contributed by atoms with Crippen molar-refractivity contribution in [2.75, 3.05) is 31.1 Å². The summed E-state index contributed by atoms with van der Waals surface area (Å²) in [6.45, 7) is 5.88. The van der Waals surface area contributed by atoms with Gasteiger partial charge in [0.25, 0.3) is 11.8 Å². The quantitative estimate of drug-likeness (QED) is 0.705. The number of likely N-dealkylation sites (tertiary alicyclic amines) is 1. The minimum Gasteiger partial charge on any atom is -0.372 e. The van der Waals surface area contributed by atoms with Crippen LogP contribution in [0.5, 0.6) is 0 Å². The number of hydrogen-bond acceptors (Lipinski definition) is 3. The van der Waals surface area contributed by atoms with Crippen LogP contribution in [0.25, 0.3) is 0 Å². The molecule has 170 valence electrons. The number of benzene rings is 2. The summed E-state index contributed by atoms with van der Waals surface area (Å²) in [5.74, 6) is -4.00. The second kappa shape index (κ2) is 8.88. The normalized spacial score (nSPS) is 19.6. The molecule has 2 aromatic rings. The van der Waals surface area contributed by atoms with Gasteiger partial charge < -0.3 is 14.7 Å². The first-order valence-electron chi connectivity index (χ1n) is 11.2. The van der Waals surface area contributed by atoms with Crippen LogP contribution in [0.15, 0.2) is 48.5 Å². The van der Waals surface area contributed by atoms with Crippen LogP contribution in [-0.2, 0) is 17.8 Å². The average molecular weight is 442 g/mol. The second-order valence-electron chi connectivity index (χ2n) is 8.51. The van der Waals surface area contributed by atoms with Gasteiger partial charge >= 0.3 is 0 Å². The van der Waals surface area contributed by atoms with E-state index in [-0.39, 0.29) is 0 Å². The van der Waals surface area contributed by atoms with Gasteiger partial charge in [0, 0.05) is 43.9 Å². The molecule has 2 amide bonds. The van der Waals surface area contributed by atoms with Gasteiger partial charge in [-0.1, -0.05) is 24.3 Å². The Balaban J connectivity index is 1.53. The molecule has 0 radical (unpaired) electrons. The van der Waals surface area contributed by atoms with Crippen molar-refractivity contribution in [3.8, 4) is 0 Å². The lowest BCUT2D eigenvalue weighted by molar-refractivity contribution is -0.136. The molecule has 7 heteroatoms. The first-order chi connectivity index (χ1) is 15.3. The molecule has 0 aliphatic carbocycles. The molecule has 1 saturated heterocycles. The van der Waals surface area contributed by atoms with Crippen LogP contribution in [0.4, 0.5) is 14.5 Å². The van der Waals surface area contributed by atoms with Crippen molar-refractivity contribution in [1.29, 1.82) is 0 Å². The Labute approximate surface area is 187 Å². The van der Waals surface area contributed by atoms with Crippen LogP contribution >= 0.6 is 0 Å². The molecule has 0 unspecified atom stereocenters. The standard InChI is InChI=1S/C25H29F2N3O2/c1-3-28(4-2)21-11-9-19(10-12-21)23(31)30-17-25(26,27)15-22(30)24(32)29-14-13-18-7-5-6-8-20(18)16-29/h5-12,22H,3-4,13-17H2,1-2H3/t22-/m0/s1. The molecule has 2 aliphatic heterocycles. The molecule has 0 spiro atoms. The van der Waals surface area contributed by atoms with Gasteiger partial charge in [-0.2, -0.15) is 0 Å². The molecule has 4 rings (SSSR count). The number of halogens is 2. The number of rotatable bonds is 5. The minimum atomic E-state index is -3.08. The predicted octanol–water partition coefficient (Wildman–Crippen LogP) is 3.97. The Morgan fingerprint density at radius 3 is 2.34 bits per heavy atom. The number of nitrogens with zero attached hydrogens (tertiary/aromatic N) is 3. The van der Waals surface area contributed by atoms with Gasteiger partial charge in [0.1, 0.15) is 6.04 Å². The minimum absolute atomic E-state index is 0.320. The highest BCUT2D eigenvalue weighted by Gasteiger charge is 2.51. The number of fused-ring (bicyclic) bond motifs is 1. The van der Waals surface area contributed by atoms with Gasteiger partial charge in [-0.25, -0.2) is 8.78 Å². The fraction of sp³-hybridized carbons (Fsp3) is 0.440. The number of alkyl halides is 2. The highest BCUT2D eigenvalue weighted by molar-refractivity contribution is 5.98. The maximum atomic E-state index is 14.4. The van der Waals surface area contributed by atoms with E-state index in [1.807, 2.05) is 50.2 Å². The molecule has 2 aromatic carbocycles. The molecule has 32 heavy (non-hydrogen) atoms. The molecular weight excluding hydrogens is 412 g/mol. The highest BCUT2D eigenvalue weighted by Crippen LogP contribution is 2.35. The molecule has 2 aliphatic rings. The second-order valence-corrected chi connectivity index (χ2v) is 8.51. The highest BCUT2D eigenvalue weighted by atomic mass is 19.3. The van der Waals surface area contributed by atoms with E-state index in [9.17, 15) is 18.4 Å². The molecule has 0 saturated carbocycles. The van der Waals surface area contributed by atoms with Crippen molar-refractivity contribution < 1.29 is 18.4 Å². The van der Waals surface area contributed by atoms with Crippen LogP contribution in [0.1, 0.15) is 41.8 Å². The summed E-state index contributed by atoms with van der Waals surface area (Å²) in [5.41, 5.74) is 3.49. The summed E-state index contributed by atoms with van der Waals surface area (Å²) in [4.78, 5) is 31.2. The van der Waals surface area contributed by atoms with Gasteiger partial charge in [-0.3, -0.25) is 9.59 Å². The van der Waals surface area contributed by atoms with E-state index in [2.05, 4.69) is 4.90 Å². The van der Waals surface area contributed by atoms with Crippen molar-refractivity contribution in [2.45, 2.75) is 45.2 Å². The third-order valence-corrected chi connectivity index (χ3v) is 6.50. The van der Waals surface area contributed by atoms with E-state index in [1.165, 1.54) is 5.56 Å². The van der Waals surface area contributed by atoms with E-state index in [0.717, 1.165) is 29.2 Å². The molecule has 1 fully saturated rings. The van der Waals surface area contributed by atoms with E-state index in [0.29, 0.717) is 25.1 Å². The predicted molar refractivity (Wildman–Crippen MR) is 120 cm³/mol. The first-order valence-corrected chi connectivity index (χ1v) is 11.2. The average Bonchev–Trinajstić information content (AvgIpc) is 3.14. The molecule has 5 nitrogen and oxygen atoms in total. The summed E-state index contributed by atoms with van der Waals surface area (Å²) in [7, 11) is 0. The lowest BCUT2D eigenvalue weighted by Crippen LogP contribution is -2.49. The van der Waals surface area contributed by atoms with Crippen molar-refractivity contribution >= 4 is 17.5 Å². The Morgan fingerprint density at radius 2 is 1.69 bits per heavy atom. The van der Waals surface area contributed by atoms with Crippen molar-refractivity contribution in [1.82, 2.24) is 9.80 Å². The zero-order chi connectivity index (χ0) is 22.9. The van der Waals surface area contributed by atoms with Crippen molar-refractivity contribution in [3.63, 3.8) is 0 Å². The van der Waals surface area contributed by atoms with Crippen LogP contribution in [0, 0.1) is 0 Å². The number of carbonyl (C=O) groups excluding carboxylic acids is 2. The molecule has 0 bridgehead atoms. The third-order valence-electron chi connectivity index (χ3n) is 6.50. The Morgan fingerprint density at radius 1 is 1.03 bits per heavy atom. The van der Waals surface area contributed by atoms with Gasteiger partial charge in [-0.15, -0.1) is 0 Å². The Bertz CT molecular complexity index is 989. The molecule has 0 aromatic heterocycles. The Kier molecular flexibility index (Phi) is 6.17. The van der Waals surface area contributed by atoms with E-state index >= 15 is 0 Å². The van der Waals surface area contributed by atoms with Gasteiger partial charge in [-0.05, 0) is 55.7 Å². The summed E-state index contributed by atoms with van der Waals surface area (Å²) >= 11 is 0. The maximum absolute atomic E-state index is 14.4. The summed E-state index contributed by atoms with van der Waals surface area (Å²) in [6, 6.07) is 13.7. The molecular formula is C25H29F2N3O2. The lowest BCUT2D eigenvalue weighted by atomic mass is 9.99. The molecule has 0 N–H and O–H groups in total. The smallest absolute Gasteiger partial charge is 0.267 e. The van der Waals surface area contributed by atoms with Crippen LogP contribution in [0.2, 0.25) is 0 Å². The fourth-order valence-corrected chi connectivity index (χ4v) is 4.71. The monoisotopic (exact) mass is 441 g/mol. The number of carbonyl (C=O) groups is 2. The third kappa shape index (κ3) is 4.33. The van der Waals surface area contributed by atoms with Crippen LogP contribution in [0.3, 0.4) is 0 Å². The van der Waals surface area contributed by atoms with E-state index in [1.54, 1.807) is 17.0 Å². The van der Waals surface area contributed by atoms with Gasteiger partial charge in [0.05, 0.1) is 6.54 Å². The van der Waals surface area contributed by atoms with Crippen LogP contribution < -0.4 is 4.90 Å². The summed E-state index contributed by atoms with van der Waals surface area (Å²) < 4.78 is 28.8. The SMILES string of the molecule is CCN(CC)c1ccc(C(=O)N2CC(F)(F)C[C@H]2C(=O)N2CCc3ccccc3C2)cc1. The van der Waals surface area contributed by atoms with Gasteiger partial charge in [0.2, 0.25) is 5.91 Å². The molecule has 2 heterocycles. The largest absolute Gasteiger partial charge is 0.372 e. The summed E-state index contributed by atoms with van der Waals surface area (Å²) in [5, 5.41) is 0. The lowest BCUT2D eigenvalue weighted by Gasteiger charge is -2.33. The topological polar surface area (TPSA) is 43.9 Å². The fourth-order valence-electron chi connectivity index (χ4n) is 4.71. The molecule has 1 atom stereocenters. The van der Waals surface area contributed by atoms with Gasteiger partial charge in [0.15, 0.2) is 0 Å². The van der Waals surface area contributed by atoms with Crippen molar-refractivity contribution in [3.05, 3.63) is 65.2 Å².